The van der Waals surface area contributed by atoms with Gasteiger partial charge in [0.1, 0.15) is 5.82 Å². The van der Waals surface area contributed by atoms with Crippen LogP contribution in [0.3, 0.4) is 0 Å². The summed E-state index contributed by atoms with van der Waals surface area (Å²) in [5.41, 5.74) is 1.99. The molecule has 0 amide bonds. The van der Waals surface area contributed by atoms with Crippen LogP contribution in [0.25, 0.3) is 0 Å². The molecule has 0 saturated carbocycles. The Balaban J connectivity index is 2.31. The Kier molecular flexibility index (Phi) is 2.92. The highest BCUT2D eigenvalue weighted by molar-refractivity contribution is 6.17. The quantitative estimate of drug-likeness (QED) is 0.683. The van der Waals surface area contributed by atoms with Gasteiger partial charge >= 0.3 is 0 Å². The molecule has 1 aliphatic heterocycles. The Bertz CT molecular complexity index is 321. The molecule has 1 aromatic carbocycles. The van der Waals surface area contributed by atoms with E-state index in [4.69, 9.17) is 11.6 Å². The van der Waals surface area contributed by atoms with Crippen LogP contribution in [0.1, 0.15) is 18.4 Å². The summed E-state index contributed by atoms with van der Waals surface area (Å²) in [6.07, 6.45) is 2.44. The van der Waals surface area contributed by atoms with Gasteiger partial charge in [0, 0.05) is 24.7 Å². The van der Waals surface area contributed by atoms with Gasteiger partial charge in [-0.25, -0.2) is 4.39 Å². The topological polar surface area (TPSA) is 3.24 Å². The van der Waals surface area contributed by atoms with Crippen LogP contribution in [-0.2, 0) is 5.88 Å². The minimum absolute atomic E-state index is 0.205. The molecule has 0 spiro atoms. The zero-order chi connectivity index (χ0) is 9.97. The van der Waals surface area contributed by atoms with Gasteiger partial charge in [0.05, 0.1) is 0 Å². The number of halogens is 2. The summed E-state index contributed by atoms with van der Waals surface area (Å²) in [5, 5.41) is 0. The molecule has 0 radical (unpaired) electrons. The fraction of sp³-hybridized carbons (Fsp3) is 0.455. The molecule has 1 aliphatic rings. The molecule has 76 valence electrons. The lowest BCUT2D eigenvalue weighted by Crippen LogP contribution is -2.19. The lowest BCUT2D eigenvalue weighted by atomic mass is 10.2. The van der Waals surface area contributed by atoms with Gasteiger partial charge in [-0.3, -0.25) is 0 Å². The first-order valence-corrected chi connectivity index (χ1v) is 5.44. The van der Waals surface area contributed by atoms with Gasteiger partial charge in [-0.05, 0) is 36.6 Å². The van der Waals surface area contributed by atoms with Crippen molar-refractivity contribution in [2.24, 2.45) is 0 Å². The van der Waals surface area contributed by atoms with E-state index in [1.807, 2.05) is 6.07 Å². The van der Waals surface area contributed by atoms with E-state index in [2.05, 4.69) is 4.90 Å². The van der Waals surface area contributed by atoms with Crippen molar-refractivity contribution >= 4 is 17.3 Å². The van der Waals surface area contributed by atoms with Crippen LogP contribution >= 0.6 is 11.6 Å². The van der Waals surface area contributed by atoms with E-state index in [0.717, 1.165) is 24.3 Å². The van der Waals surface area contributed by atoms with Gasteiger partial charge in [-0.15, -0.1) is 11.6 Å². The average molecular weight is 214 g/mol. The largest absolute Gasteiger partial charge is 0.371 e. The molecule has 3 heteroatoms. The van der Waals surface area contributed by atoms with Gasteiger partial charge in [-0.1, -0.05) is 0 Å². The maximum Gasteiger partial charge on any atom is 0.123 e. The lowest BCUT2D eigenvalue weighted by Gasteiger charge is -2.20. The molecule has 0 N–H and O–H groups in total. The predicted molar refractivity (Wildman–Crippen MR) is 57.4 cm³/mol. The van der Waals surface area contributed by atoms with Crippen molar-refractivity contribution in [1.82, 2.24) is 0 Å². The van der Waals surface area contributed by atoms with Crippen molar-refractivity contribution in [1.29, 1.82) is 0 Å². The van der Waals surface area contributed by atoms with Gasteiger partial charge in [0.25, 0.3) is 0 Å². The maximum atomic E-state index is 12.9. The summed E-state index contributed by atoms with van der Waals surface area (Å²) >= 11 is 5.79. The molecule has 14 heavy (non-hydrogen) atoms. The fourth-order valence-corrected chi connectivity index (χ4v) is 2.14. The summed E-state index contributed by atoms with van der Waals surface area (Å²) in [6.45, 7) is 2.13. The van der Waals surface area contributed by atoms with Crippen molar-refractivity contribution in [2.75, 3.05) is 18.0 Å². The Morgan fingerprint density at radius 2 is 2.00 bits per heavy atom. The van der Waals surface area contributed by atoms with Crippen molar-refractivity contribution in [3.05, 3.63) is 29.6 Å². The average Bonchev–Trinajstić information content (AvgIpc) is 2.70. The third-order valence-electron chi connectivity index (χ3n) is 2.63. The van der Waals surface area contributed by atoms with Crippen molar-refractivity contribution in [3.63, 3.8) is 0 Å². The molecule has 0 aromatic heterocycles. The summed E-state index contributed by atoms with van der Waals surface area (Å²) < 4.78 is 12.9. The highest BCUT2D eigenvalue weighted by Crippen LogP contribution is 2.26. The smallest absolute Gasteiger partial charge is 0.123 e. The van der Waals surface area contributed by atoms with Crippen molar-refractivity contribution in [3.8, 4) is 0 Å². The molecule has 1 heterocycles. The van der Waals surface area contributed by atoms with Gasteiger partial charge in [-0.2, -0.15) is 0 Å². The van der Waals surface area contributed by atoms with Crippen LogP contribution in [0.5, 0.6) is 0 Å². The monoisotopic (exact) mass is 213 g/mol. The minimum atomic E-state index is -0.205. The van der Waals surface area contributed by atoms with E-state index in [1.165, 1.54) is 25.0 Å². The minimum Gasteiger partial charge on any atom is -0.371 e. The van der Waals surface area contributed by atoms with Crippen LogP contribution in [0.15, 0.2) is 18.2 Å². The van der Waals surface area contributed by atoms with E-state index >= 15 is 0 Å². The second-order valence-electron chi connectivity index (χ2n) is 3.60. The molecule has 0 bridgehead atoms. The molecule has 0 unspecified atom stereocenters. The van der Waals surface area contributed by atoms with Crippen LogP contribution in [-0.4, -0.2) is 13.1 Å². The van der Waals surface area contributed by atoms with E-state index in [9.17, 15) is 4.39 Å². The van der Waals surface area contributed by atoms with Gasteiger partial charge in [0.2, 0.25) is 0 Å². The van der Waals surface area contributed by atoms with E-state index in [1.54, 1.807) is 0 Å². The maximum absolute atomic E-state index is 12.9. The number of alkyl halides is 1. The first-order chi connectivity index (χ1) is 6.81. The SMILES string of the molecule is Fc1ccc(N2CCCC2)c(CCl)c1. The van der Waals surface area contributed by atoms with Crippen LogP contribution in [0.4, 0.5) is 10.1 Å². The van der Waals surface area contributed by atoms with Gasteiger partial charge in [0.15, 0.2) is 0 Å². The number of benzene rings is 1. The molecular weight excluding hydrogens is 201 g/mol. The summed E-state index contributed by atoms with van der Waals surface area (Å²) in [7, 11) is 0. The number of hydrogen-bond acceptors (Lipinski definition) is 1. The Hall–Kier alpha value is -0.760. The van der Waals surface area contributed by atoms with E-state index < -0.39 is 0 Å². The highest BCUT2D eigenvalue weighted by Gasteiger charge is 2.15. The molecule has 1 fully saturated rings. The summed E-state index contributed by atoms with van der Waals surface area (Å²) in [4.78, 5) is 2.27. The molecule has 1 aromatic rings. The van der Waals surface area contributed by atoms with E-state index in [-0.39, 0.29) is 5.82 Å². The van der Waals surface area contributed by atoms with Crippen LogP contribution in [0.2, 0.25) is 0 Å². The highest BCUT2D eigenvalue weighted by atomic mass is 35.5. The molecule has 1 saturated heterocycles. The fourth-order valence-electron chi connectivity index (χ4n) is 1.93. The summed E-state index contributed by atoms with van der Waals surface area (Å²) in [6, 6.07) is 4.86. The molecule has 2 rings (SSSR count). The number of anilines is 1. The molecular formula is C11H13ClFN. The lowest BCUT2D eigenvalue weighted by molar-refractivity contribution is 0.626. The number of nitrogens with zero attached hydrogens (tertiary/aromatic N) is 1. The second-order valence-corrected chi connectivity index (χ2v) is 3.87. The third kappa shape index (κ3) is 1.85. The zero-order valence-corrected chi connectivity index (χ0v) is 8.73. The molecule has 1 nitrogen and oxygen atoms in total. The predicted octanol–water partition coefficient (Wildman–Crippen LogP) is 3.16. The number of rotatable bonds is 2. The van der Waals surface area contributed by atoms with Crippen molar-refractivity contribution in [2.45, 2.75) is 18.7 Å². The molecule has 0 aliphatic carbocycles. The normalized spacial score (nSPS) is 16.3. The van der Waals surface area contributed by atoms with E-state index in [0.29, 0.717) is 5.88 Å². The third-order valence-corrected chi connectivity index (χ3v) is 2.92. The first kappa shape index (κ1) is 9.78. The van der Waals surface area contributed by atoms with Crippen molar-refractivity contribution < 1.29 is 4.39 Å². The Morgan fingerprint density at radius 3 is 2.64 bits per heavy atom. The Labute approximate surface area is 88.5 Å². The Morgan fingerprint density at radius 1 is 1.29 bits per heavy atom. The zero-order valence-electron chi connectivity index (χ0n) is 7.97. The van der Waals surface area contributed by atoms with Crippen LogP contribution in [0, 0.1) is 5.82 Å². The standard InChI is InChI=1S/C11H13ClFN/c12-8-9-7-10(13)3-4-11(9)14-5-1-2-6-14/h3-4,7H,1-2,5-6,8H2. The van der Waals surface area contributed by atoms with Crippen LogP contribution < -0.4 is 4.90 Å². The van der Waals surface area contributed by atoms with Gasteiger partial charge < -0.3 is 4.90 Å². The molecule has 0 atom stereocenters. The first-order valence-electron chi connectivity index (χ1n) is 4.90. The number of hydrogen-bond donors (Lipinski definition) is 0. The summed E-state index contributed by atoms with van der Waals surface area (Å²) in [5.74, 6) is 0.174. The second kappa shape index (κ2) is 4.18.